The predicted octanol–water partition coefficient (Wildman–Crippen LogP) is 3.54. The Hall–Kier alpha value is -0.470. The summed E-state index contributed by atoms with van der Waals surface area (Å²) < 4.78 is 0. The van der Waals surface area contributed by atoms with E-state index in [0.29, 0.717) is 12.1 Å². The summed E-state index contributed by atoms with van der Waals surface area (Å²) in [4.78, 5) is 0. The summed E-state index contributed by atoms with van der Waals surface area (Å²) in [6.45, 7) is 4.48. The Balaban J connectivity index is 1.96. The van der Waals surface area contributed by atoms with Crippen LogP contribution in [0.25, 0.3) is 0 Å². The Labute approximate surface area is 103 Å². The van der Waals surface area contributed by atoms with Crippen LogP contribution < -0.4 is 5.32 Å². The minimum absolute atomic E-state index is 0.477. The molecule has 2 atom stereocenters. The van der Waals surface area contributed by atoms with E-state index in [1.54, 1.807) is 0 Å². The molecule has 0 spiro atoms. The van der Waals surface area contributed by atoms with Crippen LogP contribution in [0, 0.1) is 6.92 Å². The van der Waals surface area contributed by atoms with E-state index in [1.807, 2.05) is 0 Å². The topological polar surface area (TPSA) is 12.0 Å². The number of aryl methyl sites for hydroxylation is 1. The largest absolute Gasteiger partial charge is 0.307 e. The molecule has 1 aromatic rings. The lowest BCUT2D eigenvalue weighted by atomic mass is 10.0. The zero-order chi connectivity index (χ0) is 11.4. The molecule has 2 heteroatoms. The lowest BCUT2D eigenvalue weighted by Gasteiger charge is -2.27. The van der Waals surface area contributed by atoms with Gasteiger partial charge in [0, 0.05) is 17.8 Å². The van der Waals surface area contributed by atoms with Gasteiger partial charge in [-0.05, 0) is 43.6 Å². The summed E-state index contributed by atoms with van der Waals surface area (Å²) in [6, 6.07) is 9.86. The second-order valence-electron chi connectivity index (χ2n) is 4.66. The zero-order valence-corrected chi connectivity index (χ0v) is 11.0. The minimum atomic E-state index is 0.477. The van der Waals surface area contributed by atoms with E-state index in [1.165, 1.54) is 35.5 Å². The van der Waals surface area contributed by atoms with Crippen molar-refractivity contribution in [2.45, 2.75) is 38.8 Å². The molecule has 1 aromatic carbocycles. The van der Waals surface area contributed by atoms with Gasteiger partial charge in [-0.25, -0.2) is 0 Å². The Kier molecular flexibility index (Phi) is 4.30. The fourth-order valence-corrected chi connectivity index (χ4v) is 3.47. The molecule has 1 saturated heterocycles. The van der Waals surface area contributed by atoms with Crippen molar-refractivity contribution in [3.8, 4) is 0 Å². The van der Waals surface area contributed by atoms with Crippen LogP contribution in [-0.4, -0.2) is 17.5 Å². The molecule has 1 heterocycles. The molecule has 0 aliphatic carbocycles. The zero-order valence-electron chi connectivity index (χ0n) is 10.2. The Morgan fingerprint density at radius 1 is 1.38 bits per heavy atom. The molecular formula is C14H21NS. The molecule has 1 unspecified atom stereocenters. The van der Waals surface area contributed by atoms with E-state index in [2.05, 4.69) is 55.2 Å². The van der Waals surface area contributed by atoms with Crippen LogP contribution in [-0.2, 0) is 0 Å². The summed E-state index contributed by atoms with van der Waals surface area (Å²) in [5, 5.41) is 3.76. The molecule has 1 aliphatic rings. The molecular weight excluding hydrogens is 214 g/mol. The third-order valence-corrected chi connectivity index (χ3v) is 4.52. The number of hydrogen-bond acceptors (Lipinski definition) is 2. The van der Waals surface area contributed by atoms with E-state index in [-0.39, 0.29) is 0 Å². The lowest BCUT2D eigenvalue weighted by molar-refractivity contribution is 0.452. The standard InChI is InChI=1S/C14H21NS/c1-11-6-3-4-8-14(11)12(2)15-13-7-5-9-16-10-13/h3-4,6,8,12-13,15H,5,7,9-10H2,1-2H3/t12-,13?/m1/s1. The number of benzene rings is 1. The van der Waals surface area contributed by atoms with Gasteiger partial charge in [-0.1, -0.05) is 24.3 Å². The van der Waals surface area contributed by atoms with Crippen LogP contribution in [0.5, 0.6) is 0 Å². The predicted molar refractivity (Wildman–Crippen MR) is 73.1 cm³/mol. The van der Waals surface area contributed by atoms with Crippen molar-refractivity contribution >= 4 is 11.8 Å². The van der Waals surface area contributed by atoms with Gasteiger partial charge < -0.3 is 5.32 Å². The second-order valence-corrected chi connectivity index (χ2v) is 5.81. The van der Waals surface area contributed by atoms with Gasteiger partial charge in [-0.15, -0.1) is 0 Å². The van der Waals surface area contributed by atoms with Crippen molar-refractivity contribution in [2.75, 3.05) is 11.5 Å². The average molecular weight is 235 g/mol. The van der Waals surface area contributed by atoms with Crippen LogP contribution in [0.15, 0.2) is 24.3 Å². The first kappa shape index (κ1) is 12.0. The molecule has 1 N–H and O–H groups in total. The van der Waals surface area contributed by atoms with Gasteiger partial charge in [0.1, 0.15) is 0 Å². The van der Waals surface area contributed by atoms with Crippen LogP contribution in [0.4, 0.5) is 0 Å². The molecule has 0 radical (unpaired) electrons. The summed E-state index contributed by atoms with van der Waals surface area (Å²) in [5.41, 5.74) is 2.84. The van der Waals surface area contributed by atoms with E-state index in [9.17, 15) is 0 Å². The Morgan fingerprint density at radius 3 is 2.88 bits per heavy atom. The molecule has 0 aromatic heterocycles. The van der Waals surface area contributed by atoms with E-state index < -0.39 is 0 Å². The molecule has 2 rings (SSSR count). The van der Waals surface area contributed by atoms with Crippen molar-refractivity contribution in [1.29, 1.82) is 0 Å². The number of thioether (sulfide) groups is 1. The smallest absolute Gasteiger partial charge is 0.0297 e. The summed E-state index contributed by atoms with van der Waals surface area (Å²) in [7, 11) is 0. The number of nitrogens with one attached hydrogen (secondary N) is 1. The minimum Gasteiger partial charge on any atom is -0.307 e. The first-order chi connectivity index (χ1) is 7.77. The van der Waals surface area contributed by atoms with Gasteiger partial charge in [-0.3, -0.25) is 0 Å². The maximum Gasteiger partial charge on any atom is 0.0297 e. The molecule has 0 amide bonds. The SMILES string of the molecule is Cc1ccccc1[C@@H](C)NC1CCCSC1. The maximum absolute atomic E-state index is 3.76. The average Bonchev–Trinajstić information content (AvgIpc) is 2.31. The van der Waals surface area contributed by atoms with Crippen LogP contribution >= 0.6 is 11.8 Å². The number of rotatable bonds is 3. The van der Waals surface area contributed by atoms with Crippen molar-refractivity contribution in [2.24, 2.45) is 0 Å². The third-order valence-electron chi connectivity index (χ3n) is 3.30. The van der Waals surface area contributed by atoms with Gasteiger partial charge >= 0.3 is 0 Å². The molecule has 88 valence electrons. The van der Waals surface area contributed by atoms with Crippen molar-refractivity contribution < 1.29 is 0 Å². The molecule has 0 saturated carbocycles. The van der Waals surface area contributed by atoms with Gasteiger partial charge in [-0.2, -0.15) is 11.8 Å². The second kappa shape index (κ2) is 5.74. The monoisotopic (exact) mass is 235 g/mol. The quantitative estimate of drug-likeness (QED) is 0.860. The molecule has 0 bridgehead atoms. The van der Waals surface area contributed by atoms with Gasteiger partial charge in [0.2, 0.25) is 0 Å². The van der Waals surface area contributed by atoms with E-state index in [0.717, 1.165) is 0 Å². The normalized spacial score (nSPS) is 23.0. The first-order valence-electron chi connectivity index (χ1n) is 6.16. The van der Waals surface area contributed by atoms with Crippen LogP contribution in [0.1, 0.15) is 36.9 Å². The fourth-order valence-electron chi connectivity index (χ4n) is 2.39. The summed E-state index contributed by atoms with van der Waals surface area (Å²) in [6.07, 6.45) is 2.70. The van der Waals surface area contributed by atoms with Crippen molar-refractivity contribution in [3.05, 3.63) is 35.4 Å². The molecule has 1 fully saturated rings. The summed E-state index contributed by atoms with van der Waals surface area (Å²) in [5.74, 6) is 2.62. The van der Waals surface area contributed by atoms with Crippen LogP contribution in [0.2, 0.25) is 0 Å². The highest BCUT2D eigenvalue weighted by atomic mass is 32.2. The van der Waals surface area contributed by atoms with Gasteiger partial charge in [0.25, 0.3) is 0 Å². The summed E-state index contributed by atoms with van der Waals surface area (Å²) >= 11 is 2.08. The van der Waals surface area contributed by atoms with Crippen molar-refractivity contribution in [3.63, 3.8) is 0 Å². The molecule has 1 nitrogen and oxygen atoms in total. The van der Waals surface area contributed by atoms with E-state index >= 15 is 0 Å². The fraction of sp³-hybridized carbons (Fsp3) is 0.571. The lowest BCUT2D eigenvalue weighted by Crippen LogP contribution is -2.35. The number of hydrogen-bond donors (Lipinski definition) is 1. The highest BCUT2D eigenvalue weighted by molar-refractivity contribution is 7.99. The Bertz CT molecular complexity index is 331. The van der Waals surface area contributed by atoms with Gasteiger partial charge in [0.05, 0.1) is 0 Å². The van der Waals surface area contributed by atoms with Crippen LogP contribution in [0.3, 0.4) is 0 Å². The third kappa shape index (κ3) is 3.02. The van der Waals surface area contributed by atoms with Crippen molar-refractivity contribution in [1.82, 2.24) is 5.32 Å². The maximum atomic E-state index is 3.76. The highest BCUT2D eigenvalue weighted by Gasteiger charge is 2.17. The van der Waals surface area contributed by atoms with Gasteiger partial charge in [0.15, 0.2) is 0 Å². The highest BCUT2D eigenvalue weighted by Crippen LogP contribution is 2.22. The molecule has 1 aliphatic heterocycles. The Morgan fingerprint density at radius 2 is 2.19 bits per heavy atom. The molecule has 16 heavy (non-hydrogen) atoms. The first-order valence-corrected chi connectivity index (χ1v) is 7.32. The van der Waals surface area contributed by atoms with E-state index in [4.69, 9.17) is 0 Å².